The van der Waals surface area contributed by atoms with Gasteiger partial charge in [-0.1, -0.05) is 30.3 Å². The Bertz CT molecular complexity index is 1420. The normalized spacial score (nSPS) is 10.4. The van der Waals surface area contributed by atoms with Crippen molar-refractivity contribution in [2.75, 3.05) is 29.6 Å². The summed E-state index contributed by atoms with van der Waals surface area (Å²) in [7, 11) is 0. The lowest BCUT2D eigenvalue weighted by atomic mass is 10.1. The number of benzene rings is 3. The Hall–Kier alpha value is -4.92. The first kappa shape index (κ1) is 25.2. The van der Waals surface area contributed by atoms with Gasteiger partial charge in [-0.05, 0) is 67.4 Å². The third kappa shape index (κ3) is 7.28. The number of nitrogens with two attached hydrogens (primary N) is 1. The molecule has 0 unspecified atom stereocenters. The van der Waals surface area contributed by atoms with E-state index in [4.69, 9.17) is 15.2 Å². The maximum absolute atomic E-state index is 12.7. The number of nitrogens with zero attached hydrogens (tertiary/aromatic N) is 2. The molecule has 0 saturated heterocycles. The van der Waals surface area contributed by atoms with Gasteiger partial charge in [-0.2, -0.15) is 0 Å². The van der Waals surface area contributed by atoms with Crippen LogP contribution in [0.2, 0.25) is 0 Å². The second kappa shape index (κ2) is 11.7. The molecule has 0 aliphatic rings. The van der Waals surface area contributed by atoms with Crippen LogP contribution in [0.25, 0.3) is 11.3 Å². The molecule has 0 fully saturated rings. The molecular weight excluding hydrogens is 470 g/mol. The molecule has 0 radical (unpaired) electrons. The first-order valence-corrected chi connectivity index (χ1v) is 11.6. The van der Waals surface area contributed by atoms with E-state index in [9.17, 15) is 9.59 Å². The summed E-state index contributed by atoms with van der Waals surface area (Å²) in [5.41, 5.74) is 9.79. The van der Waals surface area contributed by atoms with E-state index in [0.29, 0.717) is 34.1 Å². The molecule has 0 spiro atoms. The van der Waals surface area contributed by atoms with Crippen molar-refractivity contribution in [3.05, 3.63) is 90.1 Å². The Balaban J connectivity index is 1.50. The predicted octanol–water partition coefficient (Wildman–Crippen LogP) is 4.38. The van der Waals surface area contributed by atoms with Crippen molar-refractivity contribution in [2.45, 2.75) is 13.8 Å². The number of ether oxygens (including phenoxy) is 2. The number of nitrogens with one attached hydrogen (secondary N) is 2. The van der Waals surface area contributed by atoms with Crippen molar-refractivity contribution in [1.82, 2.24) is 9.97 Å². The molecule has 37 heavy (non-hydrogen) atoms. The van der Waals surface area contributed by atoms with Crippen LogP contribution in [-0.4, -0.2) is 35.0 Å². The van der Waals surface area contributed by atoms with E-state index < -0.39 is 5.91 Å². The monoisotopic (exact) mass is 497 g/mol. The second-order valence-electron chi connectivity index (χ2n) is 8.37. The van der Waals surface area contributed by atoms with Crippen LogP contribution in [0.15, 0.2) is 79.0 Å². The van der Waals surface area contributed by atoms with Crippen LogP contribution in [0.3, 0.4) is 0 Å². The third-order valence-corrected chi connectivity index (χ3v) is 5.26. The molecule has 4 rings (SSSR count). The zero-order chi connectivity index (χ0) is 26.2. The summed E-state index contributed by atoms with van der Waals surface area (Å²) in [6, 6.07) is 21.7. The highest BCUT2D eigenvalue weighted by molar-refractivity contribution is 6.01. The summed E-state index contributed by atoms with van der Waals surface area (Å²) in [5.74, 6) is 0.524. The third-order valence-electron chi connectivity index (χ3n) is 5.26. The number of carbonyl (C=O) groups is 2. The van der Waals surface area contributed by atoms with Gasteiger partial charge in [0.25, 0.3) is 11.8 Å². The second-order valence-corrected chi connectivity index (χ2v) is 8.37. The van der Waals surface area contributed by atoms with Gasteiger partial charge in [0.1, 0.15) is 11.5 Å². The van der Waals surface area contributed by atoms with Crippen molar-refractivity contribution in [3.63, 3.8) is 0 Å². The Morgan fingerprint density at radius 3 is 1.95 bits per heavy atom. The molecule has 0 aliphatic heterocycles. The van der Waals surface area contributed by atoms with E-state index in [-0.39, 0.29) is 25.1 Å². The topological polar surface area (TPSA) is 128 Å². The highest BCUT2D eigenvalue weighted by atomic mass is 16.5. The maximum atomic E-state index is 12.7. The smallest absolute Gasteiger partial charge is 0.262 e. The average molecular weight is 498 g/mol. The van der Waals surface area contributed by atoms with E-state index in [2.05, 4.69) is 20.6 Å². The quantitative estimate of drug-likeness (QED) is 0.313. The van der Waals surface area contributed by atoms with Gasteiger partial charge in [0.15, 0.2) is 13.2 Å². The number of anilines is 3. The summed E-state index contributed by atoms with van der Waals surface area (Å²) in [5, 5.41) is 5.61. The minimum atomic E-state index is -0.396. The Morgan fingerprint density at radius 1 is 0.784 bits per heavy atom. The molecule has 3 aromatic carbocycles. The highest BCUT2D eigenvalue weighted by Crippen LogP contribution is 2.29. The molecule has 9 nitrogen and oxygen atoms in total. The van der Waals surface area contributed by atoms with E-state index in [1.807, 2.05) is 50.2 Å². The van der Waals surface area contributed by atoms with Crippen molar-refractivity contribution in [3.8, 4) is 22.8 Å². The fourth-order valence-electron chi connectivity index (χ4n) is 3.53. The molecule has 9 heteroatoms. The predicted molar refractivity (Wildman–Crippen MR) is 142 cm³/mol. The van der Waals surface area contributed by atoms with Crippen LogP contribution in [0, 0.1) is 13.8 Å². The number of rotatable bonds is 9. The first-order chi connectivity index (χ1) is 17.9. The van der Waals surface area contributed by atoms with E-state index in [0.717, 1.165) is 11.1 Å². The Morgan fingerprint density at radius 2 is 1.38 bits per heavy atom. The summed E-state index contributed by atoms with van der Waals surface area (Å²) >= 11 is 0. The Labute approximate surface area is 214 Å². The molecule has 0 bridgehead atoms. The number of nitrogen functional groups attached to an aromatic ring is 1. The van der Waals surface area contributed by atoms with Crippen molar-refractivity contribution in [2.24, 2.45) is 0 Å². The van der Waals surface area contributed by atoms with Gasteiger partial charge in [0, 0.05) is 11.8 Å². The standard InChI is InChI=1S/C28H27N5O4/c1-18-5-3-7-21(13-18)36-16-26(34)31-24-10-9-20(23-11-12-30-28(29)33-23)15-25(24)32-27(35)17-37-22-8-4-6-19(2)14-22/h3-15H,16-17H2,1-2H3,(H,31,34)(H,32,35)(H2,29,30,33). The lowest BCUT2D eigenvalue weighted by Gasteiger charge is -2.15. The number of hydrogen-bond donors (Lipinski definition) is 3. The first-order valence-electron chi connectivity index (χ1n) is 11.6. The number of aryl methyl sites for hydroxylation is 2. The molecule has 0 aliphatic carbocycles. The molecule has 0 saturated carbocycles. The van der Waals surface area contributed by atoms with Gasteiger partial charge >= 0.3 is 0 Å². The summed E-state index contributed by atoms with van der Waals surface area (Å²) in [4.78, 5) is 33.5. The minimum Gasteiger partial charge on any atom is -0.484 e. The molecule has 4 N–H and O–H groups in total. The van der Waals surface area contributed by atoms with Gasteiger partial charge in [-0.25, -0.2) is 9.97 Å². The summed E-state index contributed by atoms with van der Waals surface area (Å²) in [6.45, 7) is 3.48. The highest BCUT2D eigenvalue weighted by Gasteiger charge is 2.14. The average Bonchev–Trinajstić information content (AvgIpc) is 2.87. The maximum Gasteiger partial charge on any atom is 0.262 e. The van der Waals surface area contributed by atoms with Crippen LogP contribution in [0.5, 0.6) is 11.5 Å². The molecule has 188 valence electrons. The van der Waals surface area contributed by atoms with Gasteiger partial charge in [-0.3, -0.25) is 9.59 Å². The summed E-state index contributed by atoms with van der Waals surface area (Å²) in [6.07, 6.45) is 1.55. The fraction of sp³-hybridized carbons (Fsp3) is 0.143. The zero-order valence-electron chi connectivity index (χ0n) is 20.5. The van der Waals surface area contributed by atoms with Crippen molar-refractivity contribution < 1.29 is 19.1 Å². The van der Waals surface area contributed by atoms with E-state index >= 15 is 0 Å². The summed E-state index contributed by atoms with van der Waals surface area (Å²) < 4.78 is 11.2. The molecule has 1 heterocycles. The lowest BCUT2D eigenvalue weighted by molar-refractivity contribution is -0.119. The fourth-order valence-corrected chi connectivity index (χ4v) is 3.53. The van der Waals surface area contributed by atoms with Crippen LogP contribution in [0.1, 0.15) is 11.1 Å². The number of hydrogen-bond acceptors (Lipinski definition) is 7. The zero-order valence-corrected chi connectivity index (χ0v) is 20.5. The van der Waals surface area contributed by atoms with Crippen LogP contribution >= 0.6 is 0 Å². The molecule has 1 aromatic heterocycles. The SMILES string of the molecule is Cc1cccc(OCC(=O)Nc2ccc(-c3ccnc(N)n3)cc2NC(=O)COc2cccc(C)c2)c1. The van der Waals surface area contributed by atoms with Crippen molar-refractivity contribution in [1.29, 1.82) is 0 Å². The molecule has 4 aromatic rings. The molecule has 0 atom stereocenters. The van der Waals surface area contributed by atoms with Crippen LogP contribution in [0.4, 0.5) is 17.3 Å². The lowest BCUT2D eigenvalue weighted by Crippen LogP contribution is -2.23. The number of amides is 2. The van der Waals surface area contributed by atoms with E-state index in [1.165, 1.54) is 0 Å². The van der Waals surface area contributed by atoms with E-state index in [1.54, 1.807) is 42.6 Å². The van der Waals surface area contributed by atoms with Crippen LogP contribution in [-0.2, 0) is 9.59 Å². The van der Waals surface area contributed by atoms with Crippen LogP contribution < -0.4 is 25.8 Å². The van der Waals surface area contributed by atoms with Gasteiger partial charge in [0.2, 0.25) is 5.95 Å². The van der Waals surface area contributed by atoms with Gasteiger partial charge in [-0.15, -0.1) is 0 Å². The largest absolute Gasteiger partial charge is 0.484 e. The molecular formula is C28H27N5O4. The Kier molecular flexibility index (Phi) is 7.95. The van der Waals surface area contributed by atoms with Gasteiger partial charge < -0.3 is 25.8 Å². The number of carbonyl (C=O) groups excluding carboxylic acids is 2. The minimum absolute atomic E-state index is 0.125. The number of aromatic nitrogens is 2. The van der Waals surface area contributed by atoms with Gasteiger partial charge in [0.05, 0.1) is 17.1 Å². The van der Waals surface area contributed by atoms with Crippen molar-refractivity contribution >= 4 is 29.1 Å². The molecule has 2 amide bonds.